The van der Waals surface area contributed by atoms with Gasteiger partial charge in [0.25, 0.3) is 0 Å². The molecule has 3 rings (SSSR count). The smallest absolute Gasteiger partial charge is 0.203 e. The predicted octanol–water partition coefficient (Wildman–Crippen LogP) is 3.72. The topological polar surface area (TPSA) is 65.0 Å². The van der Waals surface area contributed by atoms with Crippen LogP contribution in [0.1, 0.15) is 11.4 Å². The number of benzene rings is 3. The summed E-state index contributed by atoms with van der Waals surface area (Å²) in [5.41, 5.74) is 0.422. The number of methoxy groups -OCH3 is 3. The van der Waals surface area contributed by atoms with Gasteiger partial charge in [0.2, 0.25) is 5.75 Å². The second kappa shape index (κ2) is 8.51. The van der Waals surface area contributed by atoms with Gasteiger partial charge in [-0.25, -0.2) is 0 Å². The Morgan fingerprint density at radius 2 is 1.18 bits per heavy atom. The zero-order chi connectivity index (χ0) is 20.1. The lowest BCUT2D eigenvalue weighted by atomic mass is 10.2. The van der Waals surface area contributed by atoms with E-state index in [0.29, 0.717) is 33.4 Å². The standard InChI is InChI=1S/C22H23O5P/c1-25-19-14-16(15-20(26-2)21(19)27-3)22(23)28(24,17-10-6-4-7-11-17)18-12-8-5-9-13-18/h4-15,22-23H,1-3H3/t22-/m0/s1. The van der Waals surface area contributed by atoms with Crippen molar-refractivity contribution in [3.05, 3.63) is 78.4 Å². The molecule has 0 aromatic heterocycles. The van der Waals surface area contributed by atoms with Crippen LogP contribution in [0.25, 0.3) is 0 Å². The minimum Gasteiger partial charge on any atom is -0.493 e. The molecular formula is C22H23O5P. The van der Waals surface area contributed by atoms with Gasteiger partial charge in [0, 0.05) is 10.6 Å². The van der Waals surface area contributed by atoms with Gasteiger partial charge < -0.3 is 23.9 Å². The lowest BCUT2D eigenvalue weighted by Crippen LogP contribution is -2.21. The third-order valence-corrected chi connectivity index (χ3v) is 7.73. The van der Waals surface area contributed by atoms with Crippen LogP contribution in [0.15, 0.2) is 72.8 Å². The minimum atomic E-state index is -3.42. The van der Waals surface area contributed by atoms with Gasteiger partial charge in [0.05, 0.1) is 21.3 Å². The van der Waals surface area contributed by atoms with E-state index < -0.39 is 13.0 Å². The molecule has 1 N–H and O–H groups in total. The number of hydrogen-bond donors (Lipinski definition) is 1. The van der Waals surface area contributed by atoms with Gasteiger partial charge in [0.1, 0.15) is 5.85 Å². The highest BCUT2D eigenvalue weighted by Crippen LogP contribution is 2.57. The normalized spacial score (nSPS) is 12.3. The summed E-state index contributed by atoms with van der Waals surface area (Å²) >= 11 is 0. The summed E-state index contributed by atoms with van der Waals surface area (Å²) in [6.45, 7) is 0. The Morgan fingerprint density at radius 3 is 1.54 bits per heavy atom. The first-order chi connectivity index (χ1) is 13.6. The first-order valence-corrected chi connectivity index (χ1v) is 10.5. The van der Waals surface area contributed by atoms with Crippen molar-refractivity contribution in [2.24, 2.45) is 0 Å². The fourth-order valence-electron chi connectivity index (χ4n) is 3.19. The van der Waals surface area contributed by atoms with E-state index >= 15 is 0 Å². The Labute approximate surface area is 164 Å². The van der Waals surface area contributed by atoms with Crippen LogP contribution in [-0.4, -0.2) is 26.4 Å². The molecule has 5 nitrogen and oxygen atoms in total. The van der Waals surface area contributed by atoms with Gasteiger partial charge in [-0.3, -0.25) is 0 Å². The fourth-order valence-corrected chi connectivity index (χ4v) is 5.85. The first kappa shape index (κ1) is 20.0. The molecule has 0 amide bonds. The zero-order valence-corrected chi connectivity index (χ0v) is 16.9. The van der Waals surface area contributed by atoms with Crippen molar-refractivity contribution in [2.45, 2.75) is 5.85 Å². The van der Waals surface area contributed by atoms with E-state index in [2.05, 4.69) is 0 Å². The number of hydrogen-bond acceptors (Lipinski definition) is 5. The molecule has 0 radical (unpaired) electrons. The molecule has 3 aromatic rings. The van der Waals surface area contributed by atoms with Crippen molar-refractivity contribution in [3.63, 3.8) is 0 Å². The third-order valence-electron chi connectivity index (χ3n) is 4.61. The summed E-state index contributed by atoms with van der Waals surface area (Å²) in [7, 11) is 1.09. The molecule has 0 heterocycles. The van der Waals surface area contributed by atoms with Gasteiger partial charge in [-0.15, -0.1) is 0 Å². The van der Waals surface area contributed by atoms with Gasteiger partial charge in [-0.05, 0) is 17.7 Å². The molecule has 0 aliphatic heterocycles. The molecule has 0 aliphatic rings. The van der Waals surface area contributed by atoms with Crippen LogP contribution in [0, 0.1) is 0 Å². The van der Waals surface area contributed by atoms with Crippen LogP contribution >= 0.6 is 7.14 Å². The molecule has 6 heteroatoms. The first-order valence-electron chi connectivity index (χ1n) is 8.75. The summed E-state index contributed by atoms with van der Waals surface area (Å²) in [5.74, 6) is -0.0895. The van der Waals surface area contributed by atoms with E-state index in [1.165, 1.54) is 21.3 Å². The number of ether oxygens (including phenoxy) is 3. The van der Waals surface area contributed by atoms with Crippen LogP contribution in [0.3, 0.4) is 0 Å². The van der Waals surface area contributed by atoms with Crippen LogP contribution in [0.2, 0.25) is 0 Å². The molecule has 1 atom stereocenters. The largest absolute Gasteiger partial charge is 0.493 e. The molecule has 0 spiro atoms. The van der Waals surface area contributed by atoms with Crippen molar-refractivity contribution < 1.29 is 23.9 Å². The molecule has 0 saturated carbocycles. The maximum absolute atomic E-state index is 14.3. The zero-order valence-electron chi connectivity index (χ0n) is 16.0. The maximum atomic E-state index is 14.3. The van der Waals surface area contributed by atoms with Gasteiger partial charge in [-0.1, -0.05) is 60.7 Å². The molecule has 0 bridgehead atoms. The van der Waals surface area contributed by atoms with E-state index in [0.717, 1.165) is 0 Å². The monoisotopic (exact) mass is 398 g/mol. The Morgan fingerprint density at radius 1 is 0.750 bits per heavy atom. The number of rotatable bonds is 7. The second-order valence-corrected chi connectivity index (χ2v) is 9.00. The molecule has 0 aliphatic carbocycles. The lowest BCUT2D eigenvalue weighted by molar-refractivity contribution is 0.254. The molecule has 0 fully saturated rings. The molecule has 0 unspecified atom stereocenters. The summed E-state index contributed by atoms with van der Waals surface area (Å²) in [5, 5.41) is 12.5. The van der Waals surface area contributed by atoms with Gasteiger partial charge >= 0.3 is 0 Å². The van der Waals surface area contributed by atoms with Crippen LogP contribution in [0.5, 0.6) is 17.2 Å². The third kappa shape index (κ3) is 3.51. The molecular weight excluding hydrogens is 375 g/mol. The van der Waals surface area contributed by atoms with Crippen LogP contribution < -0.4 is 24.8 Å². The average molecular weight is 398 g/mol. The van der Waals surface area contributed by atoms with Crippen molar-refractivity contribution in [2.75, 3.05) is 21.3 Å². The second-order valence-electron chi connectivity index (χ2n) is 6.16. The Balaban J connectivity index is 2.21. The van der Waals surface area contributed by atoms with Crippen molar-refractivity contribution >= 4 is 17.8 Å². The van der Waals surface area contributed by atoms with Crippen molar-refractivity contribution in [3.8, 4) is 17.2 Å². The van der Waals surface area contributed by atoms with Gasteiger partial charge in [-0.2, -0.15) is 0 Å². The highest BCUT2D eigenvalue weighted by atomic mass is 31.2. The highest BCUT2D eigenvalue weighted by Gasteiger charge is 2.37. The predicted molar refractivity (Wildman–Crippen MR) is 111 cm³/mol. The van der Waals surface area contributed by atoms with Crippen molar-refractivity contribution in [1.82, 2.24) is 0 Å². The SMILES string of the molecule is COc1cc([C@@H](O)P(=O)(c2ccccc2)c2ccccc2)cc(OC)c1OC. The Hall–Kier alpha value is -2.75. The Kier molecular flexibility index (Phi) is 6.08. The van der Waals surface area contributed by atoms with E-state index in [1.807, 2.05) is 36.4 Å². The molecule has 3 aromatic carbocycles. The van der Waals surface area contributed by atoms with Crippen molar-refractivity contribution in [1.29, 1.82) is 0 Å². The van der Waals surface area contributed by atoms with Gasteiger partial charge in [0.15, 0.2) is 18.6 Å². The summed E-state index contributed by atoms with van der Waals surface area (Å²) in [4.78, 5) is 0. The van der Waals surface area contributed by atoms with E-state index in [1.54, 1.807) is 36.4 Å². The van der Waals surface area contributed by atoms with Crippen LogP contribution in [-0.2, 0) is 4.57 Å². The molecule has 0 saturated heterocycles. The average Bonchev–Trinajstić information content (AvgIpc) is 2.78. The van der Waals surface area contributed by atoms with Crippen LogP contribution in [0.4, 0.5) is 0 Å². The number of aliphatic hydroxyl groups excluding tert-OH is 1. The molecule has 28 heavy (non-hydrogen) atoms. The summed E-state index contributed by atoms with van der Waals surface area (Å²) in [6.07, 6.45) is 0. The number of aliphatic hydroxyl groups is 1. The fraction of sp³-hybridized carbons (Fsp3) is 0.182. The molecule has 146 valence electrons. The summed E-state index contributed by atoms with van der Waals surface area (Å²) in [6, 6.07) is 21.3. The Bertz CT molecular complexity index is 904. The van der Waals surface area contributed by atoms with E-state index in [-0.39, 0.29) is 0 Å². The van der Waals surface area contributed by atoms with E-state index in [4.69, 9.17) is 14.2 Å². The van der Waals surface area contributed by atoms with E-state index in [9.17, 15) is 9.67 Å². The summed E-state index contributed by atoms with van der Waals surface area (Å²) < 4.78 is 30.4. The lowest BCUT2D eigenvalue weighted by Gasteiger charge is -2.26. The maximum Gasteiger partial charge on any atom is 0.203 e. The minimum absolute atomic E-state index is 0.392. The highest BCUT2D eigenvalue weighted by molar-refractivity contribution is 7.78. The quantitative estimate of drug-likeness (QED) is 0.615.